The Morgan fingerprint density at radius 2 is 1.90 bits per heavy atom. The van der Waals surface area contributed by atoms with Crippen molar-refractivity contribution in [3.63, 3.8) is 0 Å². The van der Waals surface area contributed by atoms with Crippen molar-refractivity contribution in [1.82, 2.24) is 20.5 Å². The quantitative estimate of drug-likeness (QED) is 0.770. The van der Waals surface area contributed by atoms with Crippen molar-refractivity contribution in [2.24, 2.45) is 11.8 Å². The smallest absolute Gasteiger partial charge is 0.324 e. The molecular weight excluding hydrogens is 380 g/mol. The summed E-state index contributed by atoms with van der Waals surface area (Å²) in [6.45, 7) is 0.745. The fourth-order valence-corrected chi connectivity index (χ4v) is 4.32. The molecule has 4 rings (SSSR count). The number of benzene rings is 1. The molecule has 0 bridgehead atoms. The Bertz CT molecular complexity index is 903. The van der Waals surface area contributed by atoms with Crippen molar-refractivity contribution in [3.8, 4) is 0 Å². The van der Waals surface area contributed by atoms with Crippen molar-refractivity contribution in [3.05, 3.63) is 66.0 Å². The predicted molar refractivity (Wildman–Crippen MR) is 111 cm³/mol. The standard InChI is InChI=1S/C23H26N4O3/c28-21(25-15-18-8-4-5-12-24-18)17-9-10-19-20(14-17)26-23(30)27(22(19)29)13-11-16-6-2-1-3-7-16/h1-8,12,17,19-20H,9-11,13-15H2,(H,25,28)(H,26,30). The van der Waals surface area contributed by atoms with Crippen molar-refractivity contribution >= 4 is 17.8 Å². The zero-order valence-corrected chi connectivity index (χ0v) is 16.8. The molecule has 1 saturated heterocycles. The maximum Gasteiger partial charge on any atom is 0.324 e. The highest BCUT2D eigenvalue weighted by Gasteiger charge is 2.45. The van der Waals surface area contributed by atoms with Gasteiger partial charge in [0.1, 0.15) is 0 Å². The summed E-state index contributed by atoms with van der Waals surface area (Å²) in [5.41, 5.74) is 1.89. The summed E-state index contributed by atoms with van der Waals surface area (Å²) in [4.78, 5) is 43.6. The average molecular weight is 406 g/mol. The molecule has 7 heteroatoms. The Kier molecular flexibility index (Phi) is 6.07. The molecule has 2 aromatic rings. The lowest BCUT2D eigenvalue weighted by atomic mass is 9.76. The van der Waals surface area contributed by atoms with E-state index in [1.165, 1.54) is 4.90 Å². The molecule has 2 N–H and O–H groups in total. The normalized spacial score (nSPS) is 23.5. The van der Waals surface area contributed by atoms with E-state index in [1.54, 1.807) is 6.20 Å². The maximum atomic E-state index is 12.9. The summed E-state index contributed by atoms with van der Waals surface area (Å²) in [6, 6.07) is 14.8. The molecule has 2 aliphatic rings. The fourth-order valence-electron chi connectivity index (χ4n) is 4.32. The molecule has 1 saturated carbocycles. The summed E-state index contributed by atoms with van der Waals surface area (Å²) < 4.78 is 0. The number of nitrogens with zero attached hydrogens (tertiary/aromatic N) is 2. The van der Waals surface area contributed by atoms with Crippen LogP contribution in [0.2, 0.25) is 0 Å². The molecule has 1 aliphatic carbocycles. The molecule has 30 heavy (non-hydrogen) atoms. The van der Waals surface area contributed by atoms with Crippen LogP contribution in [0.4, 0.5) is 4.79 Å². The second-order valence-corrected chi connectivity index (χ2v) is 7.94. The minimum Gasteiger partial charge on any atom is -0.350 e. The third-order valence-corrected chi connectivity index (χ3v) is 6.00. The Morgan fingerprint density at radius 1 is 1.10 bits per heavy atom. The van der Waals surface area contributed by atoms with Gasteiger partial charge in [-0.15, -0.1) is 0 Å². The number of imide groups is 1. The summed E-state index contributed by atoms with van der Waals surface area (Å²) in [6.07, 6.45) is 4.06. The molecular formula is C23H26N4O3. The zero-order valence-electron chi connectivity index (χ0n) is 16.8. The third kappa shape index (κ3) is 4.50. The topological polar surface area (TPSA) is 91.4 Å². The second kappa shape index (κ2) is 9.07. The van der Waals surface area contributed by atoms with Gasteiger partial charge < -0.3 is 10.6 Å². The third-order valence-electron chi connectivity index (χ3n) is 6.00. The number of carbonyl (C=O) groups is 3. The number of hydrogen-bond acceptors (Lipinski definition) is 4. The summed E-state index contributed by atoms with van der Waals surface area (Å²) in [7, 11) is 0. The number of aromatic nitrogens is 1. The SMILES string of the molecule is O=C(NCc1ccccn1)C1CCC2C(=O)N(CCc3ccccc3)C(=O)NC2C1. The van der Waals surface area contributed by atoms with Crippen LogP contribution in [-0.4, -0.2) is 40.3 Å². The van der Waals surface area contributed by atoms with Crippen molar-refractivity contribution in [2.75, 3.05) is 6.54 Å². The highest BCUT2D eigenvalue weighted by Crippen LogP contribution is 2.33. The van der Waals surface area contributed by atoms with Gasteiger partial charge in [-0.25, -0.2) is 4.79 Å². The number of nitrogens with one attached hydrogen (secondary N) is 2. The molecule has 2 heterocycles. The van der Waals surface area contributed by atoms with Crippen molar-refractivity contribution in [2.45, 2.75) is 38.3 Å². The van der Waals surface area contributed by atoms with Crippen LogP contribution in [-0.2, 0) is 22.6 Å². The van der Waals surface area contributed by atoms with Gasteiger partial charge in [-0.2, -0.15) is 0 Å². The van der Waals surface area contributed by atoms with Gasteiger partial charge in [-0.3, -0.25) is 19.5 Å². The first-order valence-corrected chi connectivity index (χ1v) is 10.4. The number of amides is 4. The fraction of sp³-hybridized carbons (Fsp3) is 0.391. The first-order chi connectivity index (χ1) is 14.6. The van der Waals surface area contributed by atoms with E-state index >= 15 is 0 Å². The Balaban J connectivity index is 1.31. The van der Waals surface area contributed by atoms with E-state index in [4.69, 9.17) is 0 Å². The highest BCUT2D eigenvalue weighted by molar-refractivity contribution is 5.99. The minimum absolute atomic E-state index is 0.0488. The first-order valence-electron chi connectivity index (χ1n) is 10.4. The molecule has 3 unspecified atom stereocenters. The second-order valence-electron chi connectivity index (χ2n) is 7.94. The van der Waals surface area contributed by atoms with E-state index in [2.05, 4.69) is 15.6 Å². The number of pyridine rings is 1. The molecule has 7 nitrogen and oxygen atoms in total. The zero-order chi connectivity index (χ0) is 20.9. The Hall–Kier alpha value is -3.22. The monoisotopic (exact) mass is 406 g/mol. The predicted octanol–water partition coefficient (Wildman–Crippen LogP) is 2.28. The molecule has 156 valence electrons. The lowest BCUT2D eigenvalue weighted by Crippen LogP contribution is -2.62. The molecule has 0 spiro atoms. The number of hydrogen-bond donors (Lipinski definition) is 2. The highest BCUT2D eigenvalue weighted by atomic mass is 16.2. The molecule has 1 aromatic carbocycles. The van der Waals surface area contributed by atoms with Crippen LogP contribution in [0, 0.1) is 11.8 Å². The van der Waals surface area contributed by atoms with Crippen LogP contribution in [0.5, 0.6) is 0 Å². The van der Waals surface area contributed by atoms with E-state index in [0.29, 0.717) is 38.8 Å². The number of rotatable bonds is 6. The van der Waals surface area contributed by atoms with Gasteiger partial charge in [0.05, 0.1) is 18.2 Å². The van der Waals surface area contributed by atoms with Crippen LogP contribution in [0.1, 0.15) is 30.5 Å². The van der Waals surface area contributed by atoms with Crippen LogP contribution in [0.15, 0.2) is 54.7 Å². The van der Waals surface area contributed by atoms with Crippen molar-refractivity contribution in [1.29, 1.82) is 0 Å². The van der Waals surface area contributed by atoms with E-state index in [0.717, 1.165) is 11.3 Å². The van der Waals surface area contributed by atoms with Gasteiger partial charge in [0.15, 0.2) is 0 Å². The summed E-state index contributed by atoms with van der Waals surface area (Å²) in [5.74, 6) is -0.628. The van der Waals surface area contributed by atoms with Crippen LogP contribution in [0.25, 0.3) is 0 Å². The minimum atomic E-state index is -0.355. The van der Waals surface area contributed by atoms with Gasteiger partial charge >= 0.3 is 6.03 Å². The number of urea groups is 1. The van der Waals surface area contributed by atoms with Gasteiger partial charge in [-0.1, -0.05) is 36.4 Å². The van der Waals surface area contributed by atoms with E-state index < -0.39 is 0 Å². The van der Waals surface area contributed by atoms with E-state index in [9.17, 15) is 14.4 Å². The van der Waals surface area contributed by atoms with E-state index in [1.807, 2.05) is 48.5 Å². The van der Waals surface area contributed by atoms with Crippen LogP contribution in [0.3, 0.4) is 0 Å². The van der Waals surface area contributed by atoms with Crippen LogP contribution < -0.4 is 10.6 Å². The van der Waals surface area contributed by atoms with Crippen molar-refractivity contribution < 1.29 is 14.4 Å². The Labute approximate surface area is 175 Å². The molecule has 3 atom stereocenters. The summed E-state index contributed by atoms with van der Waals surface area (Å²) in [5, 5.41) is 5.89. The molecule has 4 amide bonds. The molecule has 1 aromatic heterocycles. The largest absolute Gasteiger partial charge is 0.350 e. The van der Waals surface area contributed by atoms with Gasteiger partial charge in [0.2, 0.25) is 11.8 Å². The van der Waals surface area contributed by atoms with Gasteiger partial charge in [0, 0.05) is 24.7 Å². The average Bonchev–Trinajstić information content (AvgIpc) is 2.78. The number of carbonyl (C=O) groups excluding carboxylic acids is 3. The lowest BCUT2D eigenvalue weighted by Gasteiger charge is -2.42. The van der Waals surface area contributed by atoms with E-state index in [-0.39, 0.29) is 35.7 Å². The number of fused-ring (bicyclic) bond motifs is 1. The maximum absolute atomic E-state index is 12.9. The van der Waals surface area contributed by atoms with Gasteiger partial charge in [0.25, 0.3) is 0 Å². The molecule has 1 aliphatic heterocycles. The molecule has 0 radical (unpaired) electrons. The van der Waals surface area contributed by atoms with Crippen LogP contribution >= 0.6 is 0 Å². The summed E-state index contributed by atoms with van der Waals surface area (Å²) >= 11 is 0. The molecule has 2 fully saturated rings. The Morgan fingerprint density at radius 3 is 2.67 bits per heavy atom. The first kappa shape index (κ1) is 20.1. The lowest BCUT2D eigenvalue weighted by molar-refractivity contribution is -0.139. The van der Waals surface area contributed by atoms with Gasteiger partial charge in [-0.05, 0) is 43.4 Å².